The van der Waals surface area contributed by atoms with Gasteiger partial charge in [0.2, 0.25) is 5.91 Å². The third-order valence-corrected chi connectivity index (χ3v) is 5.35. The predicted molar refractivity (Wildman–Crippen MR) is 92.0 cm³/mol. The van der Waals surface area contributed by atoms with Crippen LogP contribution in [0.2, 0.25) is 0 Å². The molecule has 1 aromatic heterocycles. The van der Waals surface area contributed by atoms with Crippen molar-refractivity contribution in [1.82, 2.24) is 10.2 Å². The van der Waals surface area contributed by atoms with Gasteiger partial charge in [0.15, 0.2) is 5.78 Å². The van der Waals surface area contributed by atoms with Crippen molar-refractivity contribution in [3.63, 3.8) is 0 Å². The minimum Gasteiger partial charge on any atom is -0.395 e. The summed E-state index contributed by atoms with van der Waals surface area (Å²) >= 11 is 1.39. The lowest BCUT2D eigenvalue weighted by atomic mass is 10.0. The van der Waals surface area contributed by atoms with Gasteiger partial charge < -0.3 is 10.4 Å². The fraction of sp³-hybridized carbons (Fsp3) is 0.647. The first-order chi connectivity index (χ1) is 11.1. The van der Waals surface area contributed by atoms with Crippen molar-refractivity contribution in [2.75, 3.05) is 26.2 Å². The Kier molecular flexibility index (Phi) is 7.20. The van der Waals surface area contributed by atoms with Crippen molar-refractivity contribution in [3.05, 3.63) is 21.9 Å². The molecule has 2 heterocycles. The molecular weight excluding hydrogens is 312 g/mol. The summed E-state index contributed by atoms with van der Waals surface area (Å²) in [5.41, 5.74) is 0.897. The van der Waals surface area contributed by atoms with Gasteiger partial charge in [-0.05, 0) is 49.7 Å². The molecular formula is C17H26N2O3S. The van der Waals surface area contributed by atoms with E-state index >= 15 is 0 Å². The van der Waals surface area contributed by atoms with Crippen LogP contribution >= 0.6 is 11.3 Å². The molecule has 0 saturated carbocycles. The van der Waals surface area contributed by atoms with Crippen LogP contribution in [-0.2, 0) is 11.2 Å². The summed E-state index contributed by atoms with van der Waals surface area (Å²) in [6, 6.07) is 2.09. The Balaban J connectivity index is 1.65. The van der Waals surface area contributed by atoms with Gasteiger partial charge in [-0.2, -0.15) is 0 Å². The Morgan fingerprint density at radius 3 is 2.96 bits per heavy atom. The maximum atomic E-state index is 11.9. The Bertz CT molecular complexity index is 530. The topological polar surface area (TPSA) is 69.6 Å². The quantitative estimate of drug-likeness (QED) is 0.561. The van der Waals surface area contributed by atoms with E-state index < -0.39 is 0 Å². The molecule has 2 rings (SSSR count). The molecule has 0 unspecified atom stereocenters. The van der Waals surface area contributed by atoms with Crippen LogP contribution in [-0.4, -0.2) is 54.0 Å². The molecule has 1 aliphatic rings. The monoisotopic (exact) mass is 338 g/mol. The van der Waals surface area contributed by atoms with Gasteiger partial charge in [0.25, 0.3) is 0 Å². The zero-order chi connectivity index (χ0) is 16.7. The number of Topliss-reactive ketones (excluding diaryl/α,β-unsaturated/α-hetero) is 1. The molecule has 5 nitrogen and oxygen atoms in total. The number of rotatable bonds is 8. The summed E-state index contributed by atoms with van der Waals surface area (Å²) in [6.45, 7) is 4.37. The van der Waals surface area contributed by atoms with Crippen molar-refractivity contribution in [3.8, 4) is 0 Å². The van der Waals surface area contributed by atoms with E-state index in [1.165, 1.54) is 31.1 Å². The first-order valence-corrected chi connectivity index (χ1v) is 9.18. The molecule has 0 aliphatic carbocycles. The highest BCUT2D eigenvalue weighted by atomic mass is 32.1. The van der Waals surface area contributed by atoms with Crippen molar-refractivity contribution < 1.29 is 14.7 Å². The fourth-order valence-corrected chi connectivity index (χ4v) is 3.79. The molecule has 23 heavy (non-hydrogen) atoms. The molecule has 1 amide bonds. The number of carbonyl (C=O) groups excluding carboxylic acids is 2. The smallest absolute Gasteiger partial charge is 0.224 e. The normalized spacial score (nSPS) is 18.8. The summed E-state index contributed by atoms with van der Waals surface area (Å²) < 4.78 is 0. The number of hydrogen-bond donors (Lipinski definition) is 2. The predicted octanol–water partition coefficient (Wildman–Crippen LogP) is 1.85. The van der Waals surface area contributed by atoms with Crippen LogP contribution in [0.5, 0.6) is 0 Å². The summed E-state index contributed by atoms with van der Waals surface area (Å²) in [5.74, 6) is 0.0388. The van der Waals surface area contributed by atoms with Crippen LogP contribution in [0, 0.1) is 0 Å². The fourth-order valence-electron chi connectivity index (χ4n) is 2.97. The summed E-state index contributed by atoms with van der Waals surface area (Å²) in [6.07, 6.45) is 4.68. The lowest BCUT2D eigenvalue weighted by Gasteiger charge is -2.34. The number of nitrogens with one attached hydrogen (secondary N) is 1. The average Bonchev–Trinajstić information content (AvgIpc) is 3.00. The molecule has 2 N–H and O–H groups in total. The molecule has 1 aliphatic heterocycles. The van der Waals surface area contributed by atoms with Crippen molar-refractivity contribution in [2.24, 2.45) is 0 Å². The van der Waals surface area contributed by atoms with Gasteiger partial charge >= 0.3 is 0 Å². The number of thiophene rings is 1. The third kappa shape index (κ3) is 5.71. The molecule has 0 bridgehead atoms. The summed E-state index contributed by atoms with van der Waals surface area (Å²) in [5, 5.41) is 14.2. The van der Waals surface area contributed by atoms with Crippen LogP contribution in [0.1, 0.15) is 47.8 Å². The third-order valence-electron chi connectivity index (χ3n) is 4.27. The molecule has 6 heteroatoms. The highest BCUT2D eigenvalue weighted by molar-refractivity contribution is 7.12. The highest BCUT2D eigenvalue weighted by Crippen LogP contribution is 2.17. The van der Waals surface area contributed by atoms with E-state index in [1.54, 1.807) is 6.07 Å². The Hall–Kier alpha value is -1.24. The number of carbonyl (C=O) groups is 2. The number of aliphatic hydroxyl groups excluding tert-OH is 1. The second kappa shape index (κ2) is 9.15. The molecule has 128 valence electrons. The average molecular weight is 338 g/mol. The first kappa shape index (κ1) is 18.1. The van der Waals surface area contributed by atoms with Crippen molar-refractivity contribution >= 4 is 23.0 Å². The maximum absolute atomic E-state index is 11.9. The van der Waals surface area contributed by atoms with Crippen LogP contribution in [0.3, 0.4) is 0 Å². The number of hydrogen-bond acceptors (Lipinski definition) is 5. The van der Waals surface area contributed by atoms with Gasteiger partial charge in [0, 0.05) is 19.1 Å². The van der Waals surface area contributed by atoms with Crippen molar-refractivity contribution in [2.45, 2.75) is 45.1 Å². The lowest BCUT2D eigenvalue weighted by molar-refractivity contribution is -0.120. The van der Waals surface area contributed by atoms with Gasteiger partial charge in [-0.3, -0.25) is 14.5 Å². The second-order valence-corrected chi connectivity index (χ2v) is 7.04. The van der Waals surface area contributed by atoms with Gasteiger partial charge in [0.05, 0.1) is 17.9 Å². The first-order valence-electron chi connectivity index (χ1n) is 8.30. The number of ketones is 1. The number of amides is 1. The van der Waals surface area contributed by atoms with Gasteiger partial charge in [0.1, 0.15) is 0 Å². The number of piperidine rings is 1. The summed E-state index contributed by atoms with van der Waals surface area (Å²) in [4.78, 5) is 26.2. The van der Waals surface area contributed by atoms with E-state index in [2.05, 4.69) is 10.2 Å². The van der Waals surface area contributed by atoms with E-state index in [9.17, 15) is 14.7 Å². The van der Waals surface area contributed by atoms with Gasteiger partial charge in [-0.1, -0.05) is 6.42 Å². The van der Waals surface area contributed by atoms with Crippen LogP contribution in [0.25, 0.3) is 0 Å². The SMILES string of the molecule is CC(=O)c1cc(CC(=O)NCCCN2CCCC[C@H]2CO)cs1. The van der Waals surface area contributed by atoms with Crippen LogP contribution in [0.4, 0.5) is 0 Å². The lowest BCUT2D eigenvalue weighted by Crippen LogP contribution is -2.43. The minimum absolute atomic E-state index is 0.00439. The molecule has 0 spiro atoms. The molecule has 1 fully saturated rings. The minimum atomic E-state index is -0.00439. The van der Waals surface area contributed by atoms with E-state index in [0.717, 1.165) is 31.5 Å². The zero-order valence-corrected chi connectivity index (χ0v) is 14.5. The molecule has 1 atom stereocenters. The van der Waals surface area contributed by atoms with E-state index in [0.29, 0.717) is 17.8 Å². The number of aliphatic hydroxyl groups is 1. The number of likely N-dealkylation sites (tertiary alicyclic amines) is 1. The summed E-state index contributed by atoms with van der Waals surface area (Å²) in [7, 11) is 0. The molecule has 0 aromatic carbocycles. The van der Waals surface area contributed by atoms with E-state index in [4.69, 9.17) is 0 Å². The van der Waals surface area contributed by atoms with Crippen molar-refractivity contribution in [1.29, 1.82) is 0 Å². The standard InChI is InChI=1S/C17H26N2O3S/c1-13(21)16-9-14(12-23-16)10-17(22)18-6-4-8-19-7-3-2-5-15(19)11-20/h9,12,15,20H,2-8,10-11H2,1H3,(H,18,22)/t15-/m0/s1. The van der Waals surface area contributed by atoms with Gasteiger partial charge in [-0.25, -0.2) is 0 Å². The highest BCUT2D eigenvalue weighted by Gasteiger charge is 2.20. The Morgan fingerprint density at radius 2 is 2.26 bits per heavy atom. The zero-order valence-electron chi connectivity index (χ0n) is 13.7. The largest absolute Gasteiger partial charge is 0.395 e. The van der Waals surface area contributed by atoms with E-state index in [-0.39, 0.29) is 24.3 Å². The van der Waals surface area contributed by atoms with E-state index in [1.807, 2.05) is 5.38 Å². The van der Waals surface area contributed by atoms with Crippen LogP contribution < -0.4 is 5.32 Å². The van der Waals surface area contributed by atoms with Gasteiger partial charge in [-0.15, -0.1) is 11.3 Å². The molecule has 0 radical (unpaired) electrons. The van der Waals surface area contributed by atoms with Crippen LogP contribution in [0.15, 0.2) is 11.4 Å². The molecule has 1 saturated heterocycles. The number of nitrogens with zero attached hydrogens (tertiary/aromatic N) is 1. The molecule has 1 aromatic rings. The Morgan fingerprint density at radius 1 is 1.43 bits per heavy atom. The Labute approximate surface area is 141 Å². The second-order valence-electron chi connectivity index (χ2n) is 6.12. The maximum Gasteiger partial charge on any atom is 0.224 e.